The normalized spacial score (nSPS) is 20.1. The van der Waals surface area contributed by atoms with Crippen molar-refractivity contribution in [2.45, 2.75) is 63.7 Å². The van der Waals surface area contributed by atoms with Crippen molar-refractivity contribution in [3.8, 4) is 28.5 Å². The van der Waals surface area contributed by atoms with E-state index in [0.717, 1.165) is 29.7 Å². The molecule has 1 aliphatic heterocycles. The van der Waals surface area contributed by atoms with Crippen LogP contribution < -0.4 is 19.9 Å². The zero-order chi connectivity index (χ0) is 26.4. The summed E-state index contributed by atoms with van der Waals surface area (Å²) in [4.78, 5) is 22.2. The van der Waals surface area contributed by atoms with Crippen molar-refractivity contribution in [2.75, 3.05) is 13.7 Å². The van der Waals surface area contributed by atoms with E-state index in [1.807, 2.05) is 26.0 Å². The van der Waals surface area contributed by atoms with Crippen molar-refractivity contribution < 1.29 is 24.1 Å². The molecule has 8 heteroatoms. The third-order valence-corrected chi connectivity index (χ3v) is 6.98. The second-order valence-electron chi connectivity index (χ2n) is 10.5. The van der Waals surface area contributed by atoms with Crippen LogP contribution in [-0.2, 0) is 11.1 Å². The summed E-state index contributed by atoms with van der Waals surface area (Å²) in [6.45, 7) is 5.78. The number of aromatic nitrogens is 2. The molecule has 1 fully saturated rings. The summed E-state index contributed by atoms with van der Waals surface area (Å²) in [7, 11) is 1.56. The van der Waals surface area contributed by atoms with E-state index in [9.17, 15) is 9.90 Å². The molecule has 0 spiro atoms. The van der Waals surface area contributed by atoms with Gasteiger partial charge in [-0.1, -0.05) is 0 Å². The van der Waals surface area contributed by atoms with E-state index in [1.54, 1.807) is 44.5 Å². The van der Waals surface area contributed by atoms with Crippen LogP contribution in [0, 0.1) is 6.92 Å². The number of ether oxygens (including phenoxy) is 3. The first kappa shape index (κ1) is 25.2. The molecule has 0 bridgehead atoms. The number of nitrogens with two attached hydrogens (primary N) is 1. The van der Waals surface area contributed by atoms with Crippen LogP contribution in [0.4, 0.5) is 0 Å². The van der Waals surface area contributed by atoms with Crippen LogP contribution in [0.15, 0.2) is 42.6 Å². The van der Waals surface area contributed by atoms with Gasteiger partial charge >= 0.3 is 0 Å². The van der Waals surface area contributed by atoms with E-state index in [4.69, 9.17) is 24.9 Å². The van der Waals surface area contributed by atoms with Gasteiger partial charge in [0.15, 0.2) is 23.0 Å². The number of fused-ring (bicyclic) bond motifs is 1. The Bertz CT molecular complexity index is 1330. The maximum atomic E-state index is 13.1. The van der Waals surface area contributed by atoms with Crippen molar-refractivity contribution in [3.63, 3.8) is 0 Å². The molecule has 0 saturated heterocycles. The Labute approximate surface area is 216 Å². The second-order valence-corrected chi connectivity index (χ2v) is 10.5. The number of aryl methyl sites for hydroxylation is 1. The molecular formula is C29H33N3O5. The van der Waals surface area contributed by atoms with Gasteiger partial charge in [-0.15, -0.1) is 0 Å². The standard InChI is InChI=1S/C29H33N3O5/c1-17-5-6-19(15-31-17)26-27-21(28(2,30)16-36-27)14-25(32-26)29(3,34)12-11-22(33)18-7-10-23(24(13-18)35-4)37-20-8-9-20/h5-7,10,13-15,20,34H,8-9,11-12,16,30H2,1-4H3. The fraction of sp³-hybridized carbons (Fsp3) is 0.414. The number of pyridine rings is 2. The number of nitrogens with zero attached hydrogens (tertiary/aromatic N) is 2. The van der Waals surface area contributed by atoms with Crippen LogP contribution in [0.25, 0.3) is 11.3 Å². The quantitative estimate of drug-likeness (QED) is 0.412. The summed E-state index contributed by atoms with van der Waals surface area (Å²) in [6.07, 6.45) is 4.33. The molecule has 3 aromatic rings. The van der Waals surface area contributed by atoms with Crippen molar-refractivity contribution in [1.29, 1.82) is 0 Å². The topological polar surface area (TPSA) is 117 Å². The minimum Gasteiger partial charge on any atom is -0.493 e. The lowest BCUT2D eigenvalue weighted by Gasteiger charge is -2.25. The van der Waals surface area contributed by atoms with Gasteiger partial charge in [-0.2, -0.15) is 0 Å². The third-order valence-electron chi connectivity index (χ3n) is 6.98. The zero-order valence-corrected chi connectivity index (χ0v) is 21.7. The molecule has 2 atom stereocenters. The van der Waals surface area contributed by atoms with Crippen LogP contribution >= 0.6 is 0 Å². The lowest BCUT2D eigenvalue weighted by Crippen LogP contribution is -2.35. The lowest BCUT2D eigenvalue weighted by atomic mass is 9.88. The second kappa shape index (κ2) is 9.43. The van der Waals surface area contributed by atoms with Crippen molar-refractivity contribution in [3.05, 3.63) is 65.1 Å². The lowest BCUT2D eigenvalue weighted by molar-refractivity contribution is 0.0396. The van der Waals surface area contributed by atoms with E-state index >= 15 is 0 Å². The number of benzene rings is 1. The molecule has 5 rings (SSSR count). The number of hydrogen-bond donors (Lipinski definition) is 2. The average Bonchev–Trinajstić information content (AvgIpc) is 3.64. The third kappa shape index (κ3) is 5.17. The number of methoxy groups -OCH3 is 1. The number of rotatable bonds is 9. The molecule has 1 saturated carbocycles. The number of Topliss-reactive ketones (excluding diaryl/α,β-unsaturated/α-hetero) is 1. The fourth-order valence-electron chi connectivity index (χ4n) is 4.42. The van der Waals surface area contributed by atoms with E-state index in [-0.39, 0.29) is 24.7 Å². The zero-order valence-electron chi connectivity index (χ0n) is 21.7. The summed E-state index contributed by atoms with van der Waals surface area (Å²) in [5.41, 5.74) is 8.36. The van der Waals surface area contributed by atoms with Crippen LogP contribution in [0.2, 0.25) is 0 Å². The monoisotopic (exact) mass is 503 g/mol. The predicted molar refractivity (Wildman–Crippen MR) is 139 cm³/mol. The number of hydrogen-bond acceptors (Lipinski definition) is 8. The highest BCUT2D eigenvalue weighted by Gasteiger charge is 2.38. The van der Waals surface area contributed by atoms with E-state index in [0.29, 0.717) is 40.8 Å². The van der Waals surface area contributed by atoms with Crippen LogP contribution in [-0.4, -0.2) is 40.7 Å². The number of ketones is 1. The fourth-order valence-corrected chi connectivity index (χ4v) is 4.42. The summed E-state index contributed by atoms with van der Waals surface area (Å²) in [6, 6.07) is 10.8. The highest BCUT2D eigenvalue weighted by atomic mass is 16.5. The SMILES string of the molecule is COc1cc(C(=O)CCC(C)(O)c2cc3c(c(-c4ccc(C)nc4)n2)OCC3(C)N)ccc1OC1CC1. The van der Waals surface area contributed by atoms with Crippen LogP contribution in [0.1, 0.15) is 66.8 Å². The largest absolute Gasteiger partial charge is 0.493 e. The van der Waals surface area contributed by atoms with Gasteiger partial charge in [0, 0.05) is 35.0 Å². The first-order chi connectivity index (χ1) is 17.6. The number of carbonyl (C=O) groups excluding carboxylic acids is 1. The minimum absolute atomic E-state index is 0.104. The first-order valence-corrected chi connectivity index (χ1v) is 12.6. The average molecular weight is 504 g/mol. The van der Waals surface area contributed by atoms with Gasteiger partial charge in [-0.3, -0.25) is 9.78 Å². The van der Waals surface area contributed by atoms with Gasteiger partial charge in [0.25, 0.3) is 0 Å². The Morgan fingerprint density at radius 2 is 2.03 bits per heavy atom. The summed E-state index contributed by atoms with van der Waals surface area (Å²) >= 11 is 0. The molecule has 2 aliphatic rings. The maximum Gasteiger partial charge on any atom is 0.163 e. The summed E-state index contributed by atoms with van der Waals surface area (Å²) < 4.78 is 17.2. The number of aliphatic hydroxyl groups is 1. The smallest absolute Gasteiger partial charge is 0.163 e. The molecule has 0 radical (unpaired) electrons. The van der Waals surface area contributed by atoms with Gasteiger partial charge in [0.05, 0.1) is 24.4 Å². The van der Waals surface area contributed by atoms with Gasteiger partial charge in [0.2, 0.25) is 0 Å². The highest BCUT2D eigenvalue weighted by Crippen LogP contribution is 2.44. The summed E-state index contributed by atoms with van der Waals surface area (Å²) in [5.74, 6) is 1.67. The predicted octanol–water partition coefficient (Wildman–Crippen LogP) is 4.44. The molecule has 2 aromatic heterocycles. The van der Waals surface area contributed by atoms with Crippen molar-refractivity contribution >= 4 is 5.78 Å². The van der Waals surface area contributed by atoms with E-state index in [2.05, 4.69) is 4.98 Å². The Morgan fingerprint density at radius 3 is 2.70 bits per heavy atom. The molecule has 1 aromatic carbocycles. The van der Waals surface area contributed by atoms with Crippen LogP contribution in [0.5, 0.6) is 17.2 Å². The Morgan fingerprint density at radius 1 is 1.24 bits per heavy atom. The highest BCUT2D eigenvalue weighted by molar-refractivity contribution is 5.96. The maximum absolute atomic E-state index is 13.1. The molecule has 194 valence electrons. The van der Waals surface area contributed by atoms with Crippen molar-refractivity contribution in [1.82, 2.24) is 9.97 Å². The van der Waals surface area contributed by atoms with Gasteiger partial charge in [-0.05, 0) is 76.4 Å². The van der Waals surface area contributed by atoms with Gasteiger partial charge < -0.3 is 25.1 Å². The first-order valence-electron chi connectivity index (χ1n) is 12.6. The molecule has 0 amide bonds. The van der Waals surface area contributed by atoms with E-state index in [1.165, 1.54) is 0 Å². The van der Waals surface area contributed by atoms with Gasteiger partial charge in [0.1, 0.15) is 17.9 Å². The molecule has 3 heterocycles. The van der Waals surface area contributed by atoms with Crippen LogP contribution in [0.3, 0.4) is 0 Å². The molecule has 1 aliphatic carbocycles. The van der Waals surface area contributed by atoms with E-state index < -0.39 is 11.1 Å². The molecule has 37 heavy (non-hydrogen) atoms. The Hall–Kier alpha value is -3.49. The molecule has 2 unspecified atom stereocenters. The van der Waals surface area contributed by atoms with Crippen molar-refractivity contribution in [2.24, 2.45) is 5.73 Å². The Kier molecular flexibility index (Phi) is 6.41. The minimum atomic E-state index is -1.38. The molecule has 3 N–H and O–H groups in total. The molecular weight excluding hydrogens is 470 g/mol. The van der Waals surface area contributed by atoms with Gasteiger partial charge in [-0.25, -0.2) is 4.98 Å². The molecule has 8 nitrogen and oxygen atoms in total. The summed E-state index contributed by atoms with van der Waals surface area (Å²) in [5, 5.41) is 11.5. The Balaban J connectivity index is 1.40. The number of carbonyl (C=O) groups is 1.